The summed E-state index contributed by atoms with van der Waals surface area (Å²) in [5.41, 5.74) is 13.8. The lowest BCUT2D eigenvalue weighted by atomic mass is 9.95. The van der Waals surface area contributed by atoms with Crippen LogP contribution in [0.1, 0.15) is 30.2 Å². The molecule has 0 saturated heterocycles. The van der Waals surface area contributed by atoms with Gasteiger partial charge in [-0.2, -0.15) is 0 Å². The minimum atomic E-state index is 0.616. The molecule has 126 valence electrons. The lowest BCUT2D eigenvalue weighted by molar-refractivity contribution is 0.922. The molecule has 0 unspecified atom stereocenters. The van der Waals surface area contributed by atoms with Gasteiger partial charge in [0.2, 0.25) is 0 Å². The number of nitrogens with zero attached hydrogens (tertiary/aromatic N) is 1. The van der Waals surface area contributed by atoms with E-state index in [1.165, 1.54) is 11.8 Å². The van der Waals surface area contributed by atoms with Crippen LogP contribution in [-0.4, -0.2) is 11.2 Å². The quantitative estimate of drug-likeness (QED) is 0.495. The molecule has 3 aromatic rings. The number of aryl methyl sites for hydroxylation is 2. The van der Waals surface area contributed by atoms with E-state index in [-0.39, 0.29) is 0 Å². The second kappa shape index (κ2) is 7.31. The molecule has 3 heteroatoms. The van der Waals surface area contributed by atoms with Crippen LogP contribution in [0.15, 0.2) is 54.6 Å². The Kier molecular flexibility index (Phi) is 4.94. The van der Waals surface area contributed by atoms with Gasteiger partial charge in [-0.3, -0.25) is 4.98 Å². The molecule has 0 saturated carbocycles. The van der Waals surface area contributed by atoms with Gasteiger partial charge in [0, 0.05) is 34.3 Å². The fraction of sp³-hybridized carbons (Fsp3) is 0.182. The average Bonchev–Trinajstić information content (AvgIpc) is 2.63. The molecule has 0 amide bonds. The molecule has 0 atom stereocenters. The van der Waals surface area contributed by atoms with E-state index in [1.807, 2.05) is 31.2 Å². The van der Waals surface area contributed by atoms with Gasteiger partial charge < -0.3 is 11.1 Å². The first kappa shape index (κ1) is 16.9. The van der Waals surface area contributed by atoms with Gasteiger partial charge in [-0.15, -0.1) is 0 Å². The predicted octanol–water partition coefficient (Wildman–Crippen LogP) is 5.26. The van der Waals surface area contributed by atoms with E-state index >= 15 is 0 Å². The highest BCUT2D eigenvalue weighted by Gasteiger charge is 2.11. The molecule has 1 aromatic heterocycles. The SMILES string of the molecule is CCCc1cccc(-c2nc(C)ccc2-c2ccc(N)c(C=N)c2)c1. The molecule has 0 aliphatic rings. The maximum atomic E-state index is 7.55. The first-order chi connectivity index (χ1) is 12.1. The Morgan fingerprint density at radius 1 is 1.04 bits per heavy atom. The lowest BCUT2D eigenvalue weighted by Gasteiger charge is -2.13. The minimum absolute atomic E-state index is 0.616. The largest absolute Gasteiger partial charge is 0.398 e. The molecule has 25 heavy (non-hydrogen) atoms. The van der Waals surface area contributed by atoms with Crippen molar-refractivity contribution in [2.75, 3.05) is 5.73 Å². The maximum absolute atomic E-state index is 7.55. The first-order valence-electron chi connectivity index (χ1n) is 8.59. The first-order valence-corrected chi connectivity index (χ1v) is 8.59. The normalized spacial score (nSPS) is 10.6. The molecule has 3 N–H and O–H groups in total. The average molecular weight is 329 g/mol. The van der Waals surface area contributed by atoms with E-state index in [0.29, 0.717) is 5.69 Å². The third kappa shape index (κ3) is 3.61. The molecule has 3 rings (SSSR count). The van der Waals surface area contributed by atoms with E-state index in [2.05, 4.69) is 37.3 Å². The molecule has 2 aromatic carbocycles. The Bertz CT molecular complexity index is 913. The number of nitrogen functional groups attached to an aromatic ring is 1. The predicted molar refractivity (Wildman–Crippen MR) is 106 cm³/mol. The molecule has 1 heterocycles. The highest BCUT2D eigenvalue weighted by atomic mass is 14.7. The van der Waals surface area contributed by atoms with Crippen molar-refractivity contribution in [2.24, 2.45) is 0 Å². The summed E-state index contributed by atoms with van der Waals surface area (Å²) in [7, 11) is 0. The van der Waals surface area contributed by atoms with Crippen LogP contribution in [0.2, 0.25) is 0 Å². The Morgan fingerprint density at radius 2 is 1.88 bits per heavy atom. The molecule has 0 radical (unpaired) electrons. The second-order valence-corrected chi connectivity index (χ2v) is 6.29. The Morgan fingerprint density at radius 3 is 2.64 bits per heavy atom. The molecular formula is C22H23N3. The zero-order valence-corrected chi connectivity index (χ0v) is 14.7. The number of nitrogens with one attached hydrogen (secondary N) is 1. The summed E-state index contributed by atoms with van der Waals surface area (Å²) in [5, 5.41) is 7.55. The van der Waals surface area contributed by atoms with Crippen LogP contribution in [0.4, 0.5) is 5.69 Å². The zero-order chi connectivity index (χ0) is 17.8. The summed E-state index contributed by atoms with van der Waals surface area (Å²) < 4.78 is 0. The van der Waals surface area contributed by atoms with Crippen molar-refractivity contribution < 1.29 is 0 Å². The fourth-order valence-corrected chi connectivity index (χ4v) is 3.04. The van der Waals surface area contributed by atoms with E-state index < -0.39 is 0 Å². The standard InChI is InChI=1S/C22H23N3/c1-3-5-16-6-4-7-18(12-16)22-20(10-8-15(2)25-22)17-9-11-21(24)19(13-17)14-23/h4,6-14,23H,3,5,24H2,1-2H3. The van der Waals surface area contributed by atoms with Crippen molar-refractivity contribution in [3.8, 4) is 22.4 Å². The van der Waals surface area contributed by atoms with Crippen LogP contribution in [-0.2, 0) is 6.42 Å². The summed E-state index contributed by atoms with van der Waals surface area (Å²) in [6.07, 6.45) is 3.48. The monoisotopic (exact) mass is 329 g/mol. The Hall–Kier alpha value is -2.94. The molecular weight excluding hydrogens is 306 g/mol. The molecule has 0 fully saturated rings. The van der Waals surface area contributed by atoms with Crippen molar-refractivity contribution in [3.63, 3.8) is 0 Å². The third-order valence-corrected chi connectivity index (χ3v) is 4.33. The van der Waals surface area contributed by atoms with Crippen molar-refractivity contribution in [3.05, 3.63) is 71.4 Å². The maximum Gasteiger partial charge on any atom is 0.0783 e. The number of hydrogen-bond donors (Lipinski definition) is 2. The summed E-state index contributed by atoms with van der Waals surface area (Å²) >= 11 is 0. The summed E-state index contributed by atoms with van der Waals surface area (Å²) in [4.78, 5) is 4.81. The van der Waals surface area contributed by atoms with Gasteiger partial charge in [0.05, 0.1) is 5.69 Å². The summed E-state index contributed by atoms with van der Waals surface area (Å²) in [6, 6.07) is 18.5. The van der Waals surface area contributed by atoms with Crippen molar-refractivity contribution in [1.29, 1.82) is 5.41 Å². The number of aromatic nitrogens is 1. The van der Waals surface area contributed by atoms with Crippen molar-refractivity contribution >= 4 is 11.9 Å². The molecule has 0 aliphatic carbocycles. The minimum Gasteiger partial charge on any atom is -0.398 e. The summed E-state index contributed by atoms with van der Waals surface area (Å²) in [6.45, 7) is 4.20. The van der Waals surface area contributed by atoms with Gasteiger partial charge in [0.25, 0.3) is 0 Å². The second-order valence-electron chi connectivity index (χ2n) is 6.29. The van der Waals surface area contributed by atoms with Crippen molar-refractivity contribution in [2.45, 2.75) is 26.7 Å². The summed E-state index contributed by atoms with van der Waals surface area (Å²) in [5.74, 6) is 0. The van der Waals surface area contributed by atoms with E-state index in [4.69, 9.17) is 16.1 Å². The van der Waals surface area contributed by atoms with E-state index in [0.717, 1.165) is 46.5 Å². The molecule has 0 bridgehead atoms. The van der Waals surface area contributed by atoms with Crippen LogP contribution >= 0.6 is 0 Å². The van der Waals surface area contributed by atoms with Gasteiger partial charge in [0.1, 0.15) is 0 Å². The van der Waals surface area contributed by atoms with Gasteiger partial charge in [-0.25, -0.2) is 0 Å². The number of hydrogen-bond acceptors (Lipinski definition) is 3. The van der Waals surface area contributed by atoms with Gasteiger partial charge >= 0.3 is 0 Å². The third-order valence-electron chi connectivity index (χ3n) is 4.33. The number of benzene rings is 2. The molecule has 0 spiro atoms. The topological polar surface area (TPSA) is 62.8 Å². The van der Waals surface area contributed by atoms with Crippen LogP contribution < -0.4 is 5.73 Å². The number of rotatable bonds is 5. The highest BCUT2D eigenvalue weighted by Crippen LogP contribution is 2.32. The number of anilines is 1. The Balaban J connectivity index is 2.16. The fourth-order valence-electron chi connectivity index (χ4n) is 3.04. The van der Waals surface area contributed by atoms with E-state index in [9.17, 15) is 0 Å². The van der Waals surface area contributed by atoms with Crippen LogP contribution in [0.3, 0.4) is 0 Å². The van der Waals surface area contributed by atoms with E-state index in [1.54, 1.807) is 0 Å². The number of nitrogens with two attached hydrogens (primary N) is 1. The molecule has 0 aliphatic heterocycles. The van der Waals surface area contributed by atoms with Crippen LogP contribution in [0.5, 0.6) is 0 Å². The van der Waals surface area contributed by atoms with Crippen LogP contribution in [0.25, 0.3) is 22.4 Å². The van der Waals surface area contributed by atoms with Crippen molar-refractivity contribution in [1.82, 2.24) is 4.98 Å². The van der Waals surface area contributed by atoms with Gasteiger partial charge in [-0.1, -0.05) is 43.7 Å². The molecule has 3 nitrogen and oxygen atoms in total. The van der Waals surface area contributed by atoms with Crippen LogP contribution in [0, 0.1) is 12.3 Å². The lowest BCUT2D eigenvalue weighted by Crippen LogP contribution is -1.96. The Labute approximate surface area is 149 Å². The zero-order valence-electron chi connectivity index (χ0n) is 14.7. The smallest absolute Gasteiger partial charge is 0.0783 e. The highest BCUT2D eigenvalue weighted by molar-refractivity contribution is 5.90. The van der Waals surface area contributed by atoms with Gasteiger partial charge in [-0.05, 0) is 48.7 Å². The number of pyridine rings is 1. The van der Waals surface area contributed by atoms with Gasteiger partial charge in [0.15, 0.2) is 0 Å².